The number of nitrogens with zero attached hydrogens (tertiary/aromatic N) is 1. The molecular formula is C13H17NO7. The van der Waals surface area contributed by atoms with E-state index in [-0.39, 0.29) is 5.69 Å². The summed E-state index contributed by atoms with van der Waals surface area (Å²) in [5, 5.41) is 30.5. The van der Waals surface area contributed by atoms with Gasteiger partial charge in [-0.05, 0) is 19.1 Å². The molecule has 1 aliphatic rings. The maximum absolute atomic E-state index is 10.6. The fourth-order valence-corrected chi connectivity index (χ4v) is 2.15. The molecule has 1 aromatic carbocycles. The van der Waals surface area contributed by atoms with E-state index in [1.54, 1.807) is 6.92 Å². The normalized spacial score (nSPS) is 32.7. The molecule has 1 heterocycles. The van der Waals surface area contributed by atoms with Crippen LogP contribution in [0.5, 0.6) is 5.75 Å². The van der Waals surface area contributed by atoms with Gasteiger partial charge in [0.25, 0.3) is 5.69 Å². The number of non-ortho nitro benzene ring substituents is 1. The fourth-order valence-electron chi connectivity index (χ4n) is 2.15. The van der Waals surface area contributed by atoms with Crippen LogP contribution in [0.4, 0.5) is 5.69 Å². The third-order valence-corrected chi connectivity index (χ3v) is 3.35. The smallest absolute Gasteiger partial charge is 0.269 e. The Morgan fingerprint density at radius 2 is 1.86 bits per heavy atom. The molecule has 0 aliphatic carbocycles. The second kappa shape index (κ2) is 6.35. The average Bonchev–Trinajstić information content (AvgIpc) is 2.46. The third kappa shape index (κ3) is 3.30. The number of benzene rings is 1. The first-order chi connectivity index (χ1) is 9.93. The van der Waals surface area contributed by atoms with Crippen molar-refractivity contribution in [1.29, 1.82) is 0 Å². The molecule has 1 aliphatic heterocycles. The zero-order valence-electron chi connectivity index (χ0n) is 11.6. The van der Waals surface area contributed by atoms with Gasteiger partial charge in [-0.3, -0.25) is 10.1 Å². The molecule has 8 nitrogen and oxygen atoms in total. The standard InChI is InChI=1S/C13H17NO7/c1-7-10(15)12(19-2)11(16)13(20-7)21-9-5-3-8(4-6-9)14(17)18/h3-7,10-13,15-16H,1-2H3/t7-,10+,11-,12+,13+/m0/s1. The number of aliphatic hydroxyl groups is 2. The lowest BCUT2D eigenvalue weighted by Crippen LogP contribution is -2.58. The second-order valence-electron chi connectivity index (χ2n) is 4.76. The lowest BCUT2D eigenvalue weighted by atomic mass is 10.00. The highest BCUT2D eigenvalue weighted by molar-refractivity contribution is 5.36. The summed E-state index contributed by atoms with van der Waals surface area (Å²) in [5.41, 5.74) is -0.0639. The Labute approximate surface area is 121 Å². The summed E-state index contributed by atoms with van der Waals surface area (Å²) in [4.78, 5) is 10.1. The highest BCUT2D eigenvalue weighted by Crippen LogP contribution is 2.26. The Morgan fingerprint density at radius 1 is 1.24 bits per heavy atom. The van der Waals surface area contributed by atoms with Crippen LogP contribution in [-0.4, -0.2) is 53.0 Å². The number of methoxy groups -OCH3 is 1. The van der Waals surface area contributed by atoms with E-state index in [1.807, 2.05) is 0 Å². The van der Waals surface area contributed by atoms with Crippen molar-refractivity contribution in [2.75, 3.05) is 7.11 Å². The number of nitro benzene ring substituents is 1. The minimum atomic E-state index is -1.18. The molecule has 2 N–H and O–H groups in total. The second-order valence-corrected chi connectivity index (χ2v) is 4.76. The van der Waals surface area contributed by atoms with Gasteiger partial charge in [0.15, 0.2) is 0 Å². The summed E-state index contributed by atoms with van der Waals surface area (Å²) < 4.78 is 15.9. The minimum absolute atomic E-state index is 0.0639. The van der Waals surface area contributed by atoms with Gasteiger partial charge in [-0.2, -0.15) is 0 Å². The highest BCUT2D eigenvalue weighted by atomic mass is 16.7. The van der Waals surface area contributed by atoms with Crippen molar-refractivity contribution in [1.82, 2.24) is 0 Å². The Morgan fingerprint density at radius 3 is 2.38 bits per heavy atom. The van der Waals surface area contributed by atoms with Gasteiger partial charge in [0.1, 0.15) is 24.1 Å². The van der Waals surface area contributed by atoms with Crippen molar-refractivity contribution in [3.05, 3.63) is 34.4 Å². The zero-order valence-corrected chi connectivity index (χ0v) is 11.6. The van der Waals surface area contributed by atoms with Crippen LogP contribution in [0.25, 0.3) is 0 Å². The monoisotopic (exact) mass is 299 g/mol. The minimum Gasteiger partial charge on any atom is -0.462 e. The molecule has 0 unspecified atom stereocenters. The number of hydrogen-bond acceptors (Lipinski definition) is 7. The Bertz CT molecular complexity index is 492. The van der Waals surface area contributed by atoms with Crippen LogP contribution in [0.2, 0.25) is 0 Å². The van der Waals surface area contributed by atoms with Crippen LogP contribution in [0.1, 0.15) is 6.92 Å². The first-order valence-corrected chi connectivity index (χ1v) is 6.39. The molecule has 0 aromatic heterocycles. The van der Waals surface area contributed by atoms with Crippen LogP contribution in [0.15, 0.2) is 24.3 Å². The zero-order chi connectivity index (χ0) is 15.6. The lowest BCUT2D eigenvalue weighted by molar-refractivity contribution is -0.384. The molecule has 1 fully saturated rings. The summed E-state index contributed by atoms with van der Waals surface area (Å²) in [5.74, 6) is 0.308. The summed E-state index contributed by atoms with van der Waals surface area (Å²) in [6.07, 6.45) is -4.61. The molecule has 1 aromatic rings. The summed E-state index contributed by atoms with van der Waals surface area (Å²) in [6.45, 7) is 1.63. The third-order valence-electron chi connectivity index (χ3n) is 3.35. The molecule has 0 bridgehead atoms. The largest absolute Gasteiger partial charge is 0.462 e. The van der Waals surface area contributed by atoms with Crippen LogP contribution in [-0.2, 0) is 9.47 Å². The molecule has 0 radical (unpaired) electrons. The molecule has 0 amide bonds. The van der Waals surface area contributed by atoms with Crippen molar-refractivity contribution in [3.8, 4) is 5.75 Å². The Balaban J connectivity index is 2.09. The molecule has 8 heteroatoms. The van der Waals surface area contributed by atoms with Crippen LogP contribution < -0.4 is 4.74 Å². The van der Waals surface area contributed by atoms with E-state index in [4.69, 9.17) is 14.2 Å². The van der Waals surface area contributed by atoms with Crippen molar-refractivity contribution in [3.63, 3.8) is 0 Å². The number of hydrogen-bond donors (Lipinski definition) is 2. The van der Waals surface area contributed by atoms with Gasteiger partial charge >= 0.3 is 0 Å². The van der Waals surface area contributed by atoms with Gasteiger partial charge in [0.2, 0.25) is 6.29 Å². The summed E-state index contributed by atoms with van der Waals surface area (Å²) in [6, 6.07) is 5.39. The predicted octanol–water partition coefficient (Wildman–Crippen LogP) is 0.455. The number of nitro groups is 1. The summed E-state index contributed by atoms with van der Waals surface area (Å²) in [7, 11) is 1.37. The van der Waals surface area contributed by atoms with Gasteiger partial charge in [0.05, 0.1) is 11.0 Å². The van der Waals surface area contributed by atoms with Gasteiger partial charge in [0, 0.05) is 19.2 Å². The van der Waals surface area contributed by atoms with Gasteiger partial charge in [-0.25, -0.2) is 0 Å². The first kappa shape index (κ1) is 15.6. The molecule has 5 atom stereocenters. The van der Waals surface area contributed by atoms with Gasteiger partial charge in [-0.15, -0.1) is 0 Å². The van der Waals surface area contributed by atoms with Gasteiger partial charge in [-0.1, -0.05) is 0 Å². The Hall–Kier alpha value is -1.74. The lowest BCUT2D eigenvalue weighted by Gasteiger charge is -2.40. The molecule has 0 spiro atoms. The predicted molar refractivity (Wildman–Crippen MR) is 70.9 cm³/mol. The van der Waals surface area contributed by atoms with Crippen LogP contribution in [0, 0.1) is 10.1 Å². The molecule has 21 heavy (non-hydrogen) atoms. The van der Waals surface area contributed by atoms with Crippen molar-refractivity contribution in [2.24, 2.45) is 0 Å². The van der Waals surface area contributed by atoms with E-state index in [0.29, 0.717) is 5.75 Å². The number of rotatable bonds is 4. The molecule has 1 saturated heterocycles. The van der Waals surface area contributed by atoms with E-state index in [2.05, 4.69) is 0 Å². The molecule has 2 rings (SSSR count). The van der Waals surface area contributed by atoms with E-state index in [0.717, 1.165) is 0 Å². The highest BCUT2D eigenvalue weighted by Gasteiger charge is 2.44. The van der Waals surface area contributed by atoms with Crippen molar-refractivity contribution in [2.45, 2.75) is 37.6 Å². The van der Waals surface area contributed by atoms with E-state index < -0.39 is 35.6 Å². The fraction of sp³-hybridized carbons (Fsp3) is 0.538. The van der Waals surface area contributed by atoms with Crippen LogP contribution in [0.3, 0.4) is 0 Å². The quantitative estimate of drug-likeness (QED) is 0.613. The molecule has 116 valence electrons. The van der Waals surface area contributed by atoms with Crippen LogP contribution >= 0.6 is 0 Å². The van der Waals surface area contributed by atoms with Gasteiger partial charge < -0.3 is 24.4 Å². The first-order valence-electron chi connectivity index (χ1n) is 6.39. The molecular weight excluding hydrogens is 282 g/mol. The SMILES string of the molecule is CO[C@H]1[C@H](O)[C@@H](Oc2ccc([N+](=O)[O-])cc2)O[C@@H](C)[C@H]1O. The molecule has 0 saturated carbocycles. The Kier molecular flexibility index (Phi) is 4.73. The van der Waals surface area contributed by atoms with E-state index in [9.17, 15) is 20.3 Å². The van der Waals surface area contributed by atoms with Crippen molar-refractivity contribution < 1.29 is 29.3 Å². The van der Waals surface area contributed by atoms with Crippen molar-refractivity contribution >= 4 is 5.69 Å². The maximum Gasteiger partial charge on any atom is 0.269 e. The summed E-state index contributed by atoms with van der Waals surface area (Å²) >= 11 is 0. The number of aliphatic hydroxyl groups excluding tert-OH is 2. The van der Waals surface area contributed by atoms with E-state index in [1.165, 1.54) is 31.4 Å². The maximum atomic E-state index is 10.6. The van der Waals surface area contributed by atoms with E-state index >= 15 is 0 Å². The topological polar surface area (TPSA) is 111 Å². The number of ether oxygens (including phenoxy) is 3. The average molecular weight is 299 g/mol.